The molecule has 5 aromatic carbocycles. The number of carbonyl (C=O) groups is 6. The average molecular weight is 1540 g/mol. The number of thiocarbonyl (C=S) groups is 1. The maximum Gasteiger partial charge on any atom is 0.349 e. The third-order valence-electron chi connectivity index (χ3n) is 18.7. The van der Waals surface area contributed by atoms with E-state index in [-0.39, 0.29) is 53.8 Å². The van der Waals surface area contributed by atoms with Crippen molar-refractivity contribution >= 4 is 118 Å². The van der Waals surface area contributed by atoms with Crippen LogP contribution in [0.3, 0.4) is 0 Å². The van der Waals surface area contributed by atoms with Crippen LogP contribution in [0.4, 0.5) is 15.9 Å². The number of anilines is 1. The highest BCUT2D eigenvalue weighted by Crippen LogP contribution is 2.35. The minimum Gasteiger partial charge on any atom is -0.493 e. The number of nitrogens with two attached hydrogens (primary N) is 1. The zero-order chi connectivity index (χ0) is 82.7. The highest BCUT2D eigenvalue weighted by atomic mass is 32.1. The van der Waals surface area contributed by atoms with Gasteiger partial charge in [0.25, 0.3) is 23.6 Å². The van der Waals surface area contributed by atoms with Crippen molar-refractivity contribution in [2.24, 2.45) is 4.99 Å². The minimum absolute atomic E-state index is 0.00909. The first-order valence-electron chi connectivity index (χ1n) is 38.2. The molecule has 0 aliphatic carbocycles. The van der Waals surface area contributed by atoms with E-state index in [1.165, 1.54) is 78.0 Å². The number of methoxy groups -OCH3 is 4. The number of aliphatic imine (C=N–C) groups is 1. The molecule has 12 rings (SSSR count). The summed E-state index contributed by atoms with van der Waals surface area (Å²) in [5.74, 6) is 0.889. The van der Waals surface area contributed by atoms with Crippen molar-refractivity contribution in [3.05, 3.63) is 147 Å². The molecule has 109 heavy (non-hydrogen) atoms. The second-order valence-electron chi connectivity index (χ2n) is 25.4. The molecule has 7 heterocycles. The molecule has 0 radical (unpaired) electrons. The second-order valence-corrected chi connectivity index (χ2v) is 25.6. The molecule has 9 aromatic rings. The number of Topliss-reactive ketones (excluding diaryl/α,β-unsaturated/α-hetero) is 1. The van der Waals surface area contributed by atoms with E-state index in [0.717, 1.165) is 97.9 Å². The molecule has 4 amide bonds. The molecule has 3 saturated heterocycles. The number of hydrogen-bond acceptors (Lipinski definition) is 19. The molecule has 8 N–H and O–H groups in total. The summed E-state index contributed by atoms with van der Waals surface area (Å²) >= 11 is 4.48. The zero-order valence-corrected chi connectivity index (χ0v) is 65.2. The van der Waals surface area contributed by atoms with Gasteiger partial charge in [-0.05, 0) is 156 Å². The Bertz CT molecular complexity index is 4810. The number of likely N-dealkylation sites (N-methyl/N-ethyl adjacent to an activating group) is 2. The van der Waals surface area contributed by atoms with Crippen molar-refractivity contribution in [2.75, 3.05) is 139 Å². The molecule has 3 fully saturated rings. The number of isothiocyanates is 1. The number of piperazine rings is 2. The van der Waals surface area contributed by atoms with Gasteiger partial charge in [0.05, 0.1) is 74.0 Å². The van der Waals surface area contributed by atoms with E-state index in [0.29, 0.717) is 106 Å². The Morgan fingerprint density at radius 3 is 1.50 bits per heavy atom. The number of rotatable bonds is 22. The summed E-state index contributed by atoms with van der Waals surface area (Å²) in [5.41, 5.74) is 12.4. The first kappa shape index (κ1) is 80.9. The molecule has 0 unspecified atom stereocenters. The number of carboxylic acid groups (broad SMARTS) is 1. The van der Waals surface area contributed by atoms with Crippen LogP contribution in [0.15, 0.2) is 107 Å². The number of carbonyl (C=O) groups excluding carboxylic acids is 5. The lowest BCUT2D eigenvalue weighted by atomic mass is 10.1. The van der Waals surface area contributed by atoms with Gasteiger partial charge in [-0.15, -0.1) is 0 Å². The van der Waals surface area contributed by atoms with E-state index in [1.54, 1.807) is 54.6 Å². The smallest absolute Gasteiger partial charge is 0.349 e. The van der Waals surface area contributed by atoms with Crippen molar-refractivity contribution in [2.45, 2.75) is 86.1 Å². The van der Waals surface area contributed by atoms with E-state index in [4.69, 9.17) is 40.3 Å². The maximum absolute atomic E-state index is 13.0. The Morgan fingerprint density at radius 1 is 0.642 bits per heavy atom. The summed E-state index contributed by atoms with van der Waals surface area (Å²) < 4.78 is 55.6. The van der Waals surface area contributed by atoms with Gasteiger partial charge in [-0.1, -0.05) is 41.0 Å². The third-order valence-corrected chi connectivity index (χ3v) is 18.8. The van der Waals surface area contributed by atoms with Gasteiger partial charge < -0.3 is 79.9 Å². The first-order chi connectivity index (χ1) is 54.4. The van der Waals surface area contributed by atoms with Gasteiger partial charge in [-0.25, -0.2) is 9.59 Å². The number of piperidine rings is 1. The summed E-state index contributed by atoms with van der Waals surface area (Å²) in [7, 11) is 3.17. The number of nitrogen functional groups attached to an aromatic ring is 1. The first-order valence-corrected chi connectivity index (χ1v) is 36.6. The normalized spacial score (nSPS) is 13.9. The fourth-order valence-corrected chi connectivity index (χ4v) is 12.6. The number of H-pyrrole nitrogens is 3. The zero-order valence-electron chi connectivity index (χ0n) is 67.5. The van der Waals surface area contributed by atoms with Gasteiger partial charge in [0.15, 0.2) is 28.8 Å². The molecule has 4 aromatic heterocycles. The Labute approximate surface area is 648 Å². The molecule has 0 saturated carbocycles. The highest BCUT2D eigenvalue weighted by molar-refractivity contribution is 7.78. The molecule has 0 atom stereocenters. The Hall–Kier alpha value is -10.6. The quantitative estimate of drug-likeness (QED) is 0.0143. The van der Waals surface area contributed by atoms with Gasteiger partial charge >= 0.3 is 11.7 Å². The average Bonchev–Trinajstić information content (AvgIpc) is 1.73. The van der Waals surface area contributed by atoms with Crippen LogP contribution < -0.4 is 41.0 Å². The number of nitriles is 1. The van der Waals surface area contributed by atoms with Gasteiger partial charge in [0.2, 0.25) is 0 Å². The second kappa shape index (κ2) is 44.0. The minimum atomic E-state index is -1.87. The molecule has 0 bridgehead atoms. The Balaban J connectivity index is 0.000000233. The predicted molar refractivity (Wildman–Crippen MR) is 433 cm³/mol. The number of likely N-dealkylation sites (tertiary alicyclic amines) is 1. The molecule has 0 spiro atoms. The lowest BCUT2D eigenvalue weighted by molar-refractivity contribution is 0.0637. The van der Waals surface area contributed by atoms with Crippen molar-refractivity contribution in [1.29, 1.82) is 9.10 Å². The number of aromatic amines is 3. The van der Waals surface area contributed by atoms with E-state index in [9.17, 15) is 38.0 Å². The molecule has 3 aliphatic rings. The summed E-state index contributed by atoms with van der Waals surface area (Å²) in [6.45, 7) is 24.5. The molecular formula is C79H103FN15O12PS. The number of amides is 4. The largest absolute Gasteiger partial charge is 0.493 e. The number of aromatic nitrogens is 5. The van der Waals surface area contributed by atoms with Crippen LogP contribution >= 0.6 is 22.0 Å². The fourth-order valence-electron chi connectivity index (χ4n) is 12.5. The number of ketones is 1. The van der Waals surface area contributed by atoms with E-state index in [1.807, 2.05) is 66.1 Å². The Kier molecular flexibility index (Phi) is 32.7. The number of benzene rings is 5. The van der Waals surface area contributed by atoms with E-state index >= 15 is 0 Å². The molecule has 27 nitrogen and oxygen atoms in total. The lowest BCUT2D eigenvalue weighted by Crippen LogP contribution is -2.48. The van der Waals surface area contributed by atoms with Gasteiger partial charge in [0.1, 0.15) is 23.3 Å². The standard InChI is InChI=1S/C29H34N6O5.C19H26N4O2.C13H14N2O3.C10H8N2O2S.C7H15N.CH3F.H3P/c1-4-33-10-12-34(13-11-33)28(37)18-7-8-21-19(14-18)15-23(31-21)24(36)6-5-9-35-27(30)20-16-25(39-2)26(40-3)17-22(20)32-29(35)38;1-3-7-20-18(24)17-13-15-12-14(5-6-16(15)21-17)19(25)23-10-8-22(4-2)9-11-23;1-2-5-14-12(16)11-7-9-6-8(13(17)18)3-4-10(9)15-11;1-13-9-3-7(5-11)8(12-6-15)4-10(9)14-2;1-2-8-6-4-3-5-7-8;1-2;/h7-8,14-17,31H,4-6,9-13,30H2,1-3H3;5-6,12-13,21H,3-4,7-11H2,1-2H3,(H,20,24);3-4,6-7,15H,2,5H2,1H3,(H,14,16)(H,17,18);3-4H,1-2H3;2-7H2,1H3;1H3;1H3/i;;;;;1D;1T3. The summed E-state index contributed by atoms with van der Waals surface area (Å²) in [6, 6.07) is 29.4. The van der Waals surface area contributed by atoms with Crippen molar-refractivity contribution in [3.8, 4) is 29.1 Å². The number of carboxylic acids is 1. The van der Waals surface area contributed by atoms with Crippen LogP contribution in [0.1, 0.15) is 149 Å². The van der Waals surface area contributed by atoms with Gasteiger partial charge in [0, 0.05) is 146 Å². The van der Waals surface area contributed by atoms with Gasteiger partial charge in [-0.3, -0.25) is 32.9 Å². The summed E-state index contributed by atoms with van der Waals surface area (Å²) in [5, 5.41) is 28.6. The number of alkyl halides is 1. The van der Waals surface area contributed by atoms with Crippen molar-refractivity contribution < 1.29 is 58.6 Å². The SMILES string of the molecule is CCCNC(=O)c1cc2cc(C(=O)N3CCN(CC)CC3)ccc2[nH]1.CCCNC(=O)c1cc2cc(C(=O)O)ccc2[nH]1.CCN1CCCCC1.CCN1CCN(C(=O)c2ccc3[nH]c(C(=O)CCCn4c(N)c5cc(OC)c(OC)cc5nc4=O)cc3c2)CC1.COc1cc(C#N)c(N=C=S)cc1OC.[2H]CF.[3H]P([3H])[3H]. The number of fused-ring (bicyclic) bond motifs is 4. The van der Waals surface area contributed by atoms with Crippen LogP contribution in [0, 0.1) is 11.3 Å². The van der Waals surface area contributed by atoms with Crippen LogP contribution in [-0.4, -0.2) is 232 Å². The monoisotopic (exact) mass is 1540 g/mol. The van der Waals surface area contributed by atoms with E-state index < -0.39 is 28.5 Å². The summed E-state index contributed by atoms with van der Waals surface area (Å²) in [4.78, 5) is 114. The maximum atomic E-state index is 13.0. The fraction of sp³-hybridized carbons (Fsp3) is 0.418. The number of aromatic carboxylic acids is 1. The van der Waals surface area contributed by atoms with Crippen molar-refractivity contribution in [3.63, 3.8) is 0 Å². The molecule has 3 aliphatic heterocycles. The highest BCUT2D eigenvalue weighted by Gasteiger charge is 2.25. The van der Waals surface area contributed by atoms with Crippen LogP contribution in [0.25, 0.3) is 43.6 Å². The number of nitrogens with one attached hydrogen (secondary N) is 5. The predicted octanol–water partition coefficient (Wildman–Crippen LogP) is 11.5. The third kappa shape index (κ3) is 23.7. The Morgan fingerprint density at radius 2 is 1.06 bits per heavy atom. The van der Waals surface area contributed by atoms with Crippen LogP contribution in [0.2, 0.25) is 0 Å². The topological polar surface area (TPSA) is 344 Å². The van der Waals surface area contributed by atoms with E-state index in [2.05, 4.69) is 88.4 Å². The van der Waals surface area contributed by atoms with Crippen LogP contribution in [-0.2, 0) is 6.54 Å². The molecule has 584 valence electrons. The number of ether oxygens (including phenoxy) is 4. The lowest BCUT2D eigenvalue weighted by Gasteiger charge is -2.34. The number of halogens is 1. The number of hydrogen-bond donors (Lipinski definition) is 7. The molecular weight excluding hydrogens is 1430 g/mol. The van der Waals surface area contributed by atoms with Crippen molar-refractivity contribution in [1.82, 2.24) is 59.6 Å². The summed E-state index contributed by atoms with van der Waals surface area (Å²) in [6.07, 6.45) is 6.67. The molecule has 30 heteroatoms. The van der Waals surface area contributed by atoms with Gasteiger partial charge in [-0.2, -0.15) is 25.0 Å². The van der Waals surface area contributed by atoms with Crippen LogP contribution in [0.5, 0.6) is 23.0 Å². The number of nitrogens with zero attached hydrogens (tertiary/aromatic N) is 9.